The molecule has 4 rings (SSSR count). The predicted molar refractivity (Wildman–Crippen MR) is 126 cm³/mol. The van der Waals surface area contributed by atoms with Crippen LogP contribution in [0.2, 0.25) is 5.02 Å². The molecule has 1 N–H and O–H groups in total. The maximum atomic E-state index is 12.6. The molecule has 0 saturated carbocycles. The van der Waals surface area contributed by atoms with Gasteiger partial charge in [-0.3, -0.25) is 4.79 Å². The smallest absolute Gasteiger partial charge is 0.244 e. The van der Waals surface area contributed by atoms with Gasteiger partial charge in [0.05, 0.1) is 6.61 Å². The number of carbonyl (C=O) groups excluding carboxylic acids is 1. The minimum atomic E-state index is -0.137. The molecule has 0 bridgehead atoms. The lowest BCUT2D eigenvalue weighted by Gasteiger charge is -2.15. The first-order valence-corrected chi connectivity index (χ1v) is 11.3. The molecular formula is C26H28ClNO3. The van der Waals surface area contributed by atoms with Crippen LogP contribution >= 0.6 is 11.6 Å². The summed E-state index contributed by atoms with van der Waals surface area (Å²) in [5.41, 5.74) is 6.04. The molecule has 0 atom stereocenters. The molecule has 1 amide bonds. The highest BCUT2D eigenvalue weighted by Crippen LogP contribution is 2.41. The van der Waals surface area contributed by atoms with E-state index >= 15 is 0 Å². The second kappa shape index (κ2) is 9.19. The summed E-state index contributed by atoms with van der Waals surface area (Å²) < 4.78 is 12.2. The summed E-state index contributed by atoms with van der Waals surface area (Å²) in [7, 11) is 0. The molecule has 0 fully saturated rings. The maximum Gasteiger partial charge on any atom is 0.244 e. The minimum Gasteiger partial charge on any atom is -0.493 e. The van der Waals surface area contributed by atoms with E-state index in [0.717, 1.165) is 57.6 Å². The molecule has 5 heteroatoms. The lowest BCUT2D eigenvalue weighted by atomic mass is 9.93. The zero-order chi connectivity index (χ0) is 22.0. The molecule has 31 heavy (non-hydrogen) atoms. The molecule has 4 nitrogen and oxygen atoms in total. The van der Waals surface area contributed by atoms with Crippen molar-refractivity contribution in [2.75, 3.05) is 6.61 Å². The Bertz CT molecular complexity index is 1140. The van der Waals surface area contributed by atoms with Gasteiger partial charge in [0.2, 0.25) is 5.91 Å². The predicted octanol–water partition coefficient (Wildman–Crippen LogP) is 6.39. The summed E-state index contributed by atoms with van der Waals surface area (Å²) in [5, 5.41) is 4.78. The first kappa shape index (κ1) is 21.5. The molecule has 1 heterocycles. The van der Waals surface area contributed by atoms with E-state index in [2.05, 4.69) is 11.4 Å². The number of carbonyl (C=O) groups is 1. The first-order valence-electron chi connectivity index (χ1n) is 10.9. The Labute approximate surface area is 188 Å². The van der Waals surface area contributed by atoms with Gasteiger partial charge in [0.15, 0.2) is 0 Å². The summed E-state index contributed by atoms with van der Waals surface area (Å²) in [6.45, 7) is 6.97. The summed E-state index contributed by atoms with van der Waals surface area (Å²) in [6.07, 6.45) is 6.03. The third kappa shape index (κ3) is 4.49. The number of ether oxygens (including phenoxy) is 1. The van der Waals surface area contributed by atoms with E-state index in [1.165, 1.54) is 18.4 Å². The van der Waals surface area contributed by atoms with Crippen LogP contribution in [0.25, 0.3) is 16.5 Å². The average Bonchev–Trinajstić information content (AvgIpc) is 3.14. The van der Waals surface area contributed by atoms with E-state index in [4.69, 9.17) is 20.8 Å². The van der Waals surface area contributed by atoms with Crippen molar-refractivity contribution >= 4 is 34.1 Å². The number of hydrogen-bond donors (Lipinski definition) is 1. The molecule has 3 aromatic rings. The van der Waals surface area contributed by atoms with E-state index in [1.807, 2.05) is 45.0 Å². The van der Waals surface area contributed by atoms with Crippen molar-refractivity contribution in [3.63, 3.8) is 0 Å². The van der Waals surface area contributed by atoms with Crippen molar-refractivity contribution < 1.29 is 13.9 Å². The number of amides is 1. The number of furan rings is 1. The zero-order valence-electron chi connectivity index (χ0n) is 18.3. The van der Waals surface area contributed by atoms with Crippen LogP contribution in [-0.2, 0) is 24.2 Å². The fourth-order valence-corrected chi connectivity index (χ4v) is 4.40. The molecule has 2 aromatic carbocycles. The highest BCUT2D eigenvalue weighted by molar-refractivity contribution is 6.30. The topological polar surface area (TPSA) is 51.5 Å². The van der Waals surface area contributed by atoms with Gasteiger partial charge in [-0.2, -0.15) is 0 Å². The number of nitrogens with one attached hydrogen (secondary N) is 1. The van der Waals surface area contributed by atoms with Crippen molar-refractivity contribution in [3.05, 3.63) is 69.4 Å². The molecule has 0 saturated heterocycles. The number of hydrogen-bond acceptors (Lipinski definition) is 3. The van der Waals surface area contributed by atoms with E-state index in [0.29, 0.717) is 18.2 Å². The van der Waals surface area contributed by atoms with Crippen LogP contribution in [-0.4, -0.2) is 12.5 Å². The number of aryl methyl sites for hydroxylation is 3. The second-order valence-electron chi connectivity index (χ2n) is 8.07. The molecule has 1 aliphatic rings. The highest BCUT2D eigenvalue weighted by atomic mass is 35.5. The fourth-order valence-electron chi connectivity index (χ4n) is 4.28. The maximum absolute atomic E-state index is 12.6. The van der Waals surface area contributed by atoms with Crippen molar-refractivity contribution in [1.82, 2.24) is 5.32 Å². The normalized spacial score (nSPS) is 13.9. The Morgan fingerprint density at radius 3 is 2.71 bits per heavy atom. The van der Waals surface area contributed by atoms with Gasteiger partial charge in [0.25, 0.3) is 0 Å². The molecule has 0 aliphatic heterocycles. The largest absolute Gasteiger partial charge is 0.493 e. The number of rotatable bonds is 6. The molecule has 162 valence electrons. The van der Waals surface area contributed by atoms with Crippen molar-refractivity contribution in [3.8, 4) is 5.75 Å². The SMILES string of the molecule is CCOc1c(/C(C)=C/C(=O)NCc2ccc(Cl)cc2)cc2c3c(oc2c1C)CCCC3. The van der Waals surface area contributed by atoms with E-state index in [1.54, 1.807) is 6.08 Å². The summed E-state index contributed by atoms with van der Waals surface area (Å²) in [4.78, 5) is 12.6. The average molecular weight is 438 g/mol. The van der Waals surface area contributed by atoms with Crippen molar-refractivity contribution in [2.45, 2.75) is 53.0 Å². The second-order valence-corrected chi connectivity index (χ2v) is 8.51. The Morgan fingerprint density at radius 1 is 1.23 bits per heavy atom. The van der Waals surface area contributed by atoms with Gasteiger partial charge in [0.1, 0.15) is 17.1 Å². The lowest BCUT2D eigenvalue weighted by molar-refractivity contribution is -0.116. The number of fused-ring (bicyclic) bond motifs is 3. The molecule has 1 aliphatic carbocycles. The van der Waals surface area contributed by atoms with Crippen LogP contribution in [0.1, 0.15) is 54.7 Å². The van der Waals surface area contributed by atoms with Gasteiger partial charge in [-0.1, -0.05) is 23.7 Å². The zero-order valence-corrected chi connectivity index (χ0v) is 19.1. The lowest BCUT2D eigenvalue weighted by Crippen LogP contribution is -2.20. The number of benzene rings is 2. The Kier molecular flexibility index (Phi) is 6.38. The summed E-state index contributed by atoms with van der Waals surface area (Å²) in [5.74, 6) is 1.76. The monoisotopic (exact) mass is 437 g/mol. The first-order chi connectivity index (χ1) is 15.0. The van der Waals surface area contributed by atoms with Crippen LogP contribution in [0.3, 0.4) is 0 Å². The third-order valence-corrected chi connectivity index (χ3v) is 6.12. The van der Waals surface area contributed by atoms with Crippen LogP contribution in [0.4, 0.5) is 0 Å². The van der Waals surface area contributed by atoms with Gasteiger partial charge < -0.3 is 14.5 Å². The Morgan fingerprint density at radius 2 is 1.97 bits per heavy atom. The summed E-state index contributed by atoms with van der Waals surface area (Å²) >= 11 is 5.93. The van der Waals surface area contributed by atoms with Gasteiger partial charge in [-0.25, -0.2) is 0 Å². The highest BCUT2D eigenvalue weighted by Gasteiger charge is 2.23. The van der Waals surface area contributed by atoms with Gasteiger partial charge in [-0.15, -0.1) is 0 Å². The fraction of sp³-hybridized carbons (Fsp3) is 0.346. The van der Waals surface area contributed by atoms with Crippen molar-refractivity contribution in [2.24, 2.45) is 0 Å². The van der Waals surface area contributed by atoms with Gasteiger partial charge in [0, 0.05) is 46.1 Å². The van der Waals surface area contributed by atoms with E-state index in [9.17, 15) is 4.79 Å². The molecular weight excluding hydrogens is 410 g/mol. The third-order valence-electron chi connectivity index (χ3n) is 5.87. The molecule has 0 radical (unpaired) electrons. The number of halogens is 1. The number of allylic oxidation sites excluding steroid dienone is 1. The van der Waals surface area contributed by atoms with Crippen LogP contribution in [0.15, 0.2) is 40.8 Å². The van der Waals surface area contributed by atoms with Crippen LogP contribution in [0.5, 0.6) is 5.75 Å². The van der Waals surface area contributed by atoms with Gasteiger partial charge in [-0.05, 0) is 69.4 Å². The Hall–Kier alpha value is -2.72. The van der Waals surface area contributed by atoms with Gasteiger partial charge >= 0.3 is 0 Å². The molecule has 0 spiro atoms. The van der Waals surface area contributed by atoms with Crippen LogP contribution in [0, 0.1) is 6.92 Å². The quantitative estimate of drug-likeness (QED) is 0.454. The summed E-state index contributed by atoms with van der Waals surface area (Å²) in [6, 6.07) is 9.60. The van der Waals surface area contributed by atoms with Crippen LogP contribution < -0.4 is 10.1 Å². The Balaban J connectivity index is 1.65. The molecule has 0 unspecified atom stereocenters. The van der Waals surface area contributed by atoms with E-state index < -0.39 is 0 Å². The molecule has 1 aromatic heterocycles. The minimum absolute atomic E-state index is 0.137. The standard InChI is InChI=1S/C26H28ClNO3/c1-4-30-25-17(3)26-22(20-7-5-6-8-23(20)31-26)14-21(25)16(2)13-24(29)28-15-18-9-11-19(27)12-10-18/h9-14H,4-8,15H2,1-3H3,(H,28,29)/b16-13+. The van der Waals surface area contributed by atoms with E-state index in [-0.39, 0.29) is 5.91 Å². The van der Waals surface area contributed by atoms with Crippen molar-refractivity contribution in [1.29, 1.82) is 0 Å².